The van der Waals surface area contributed by atoms with Gasteiger partial charge in [-0.15, -0.1) is 0 Å². The zero-order valence-electron chi connectivity index (χ0n) is 13.4. The van der Waals surface area contributed by atoms with Gasteiger partial charge in [0, 0.05) is 12.3 Å². The van der Waals surface area contributed by atoms with Crippen LogP contribution in [-0.4, -0.2) is 42.1 Å². The highest BCUT2D eigenvalue weighted by Crippen LogP contribution is 2.33. The summed E-state index contributed by atoms with van der Waals surface area (Å²) in [4.78, 5) is 22.7. The SMILES string of the molecule is CCOC(=O)[C@H]1CC[C@H](N/C(=C(\C=N)C(=O)O)C(F)(F)F)C[C@@H]1C. The van der Waals surface area contributed by atoms with Crippen LogP contribution in [0.1, 0.15) is 33.1 Å². The summed E-state index contributed by atoms with van der Waals surface area (Å²) in [5.41, 5.74) is -2.57. The minimum atomic E-state index is -4.91. The van der Waals surface area contributed by atoms with Crippen molar-refractivity contribution in [2.45, 2.75) is 45.3 Å². The fraction of sp³-hybridized carbons (Fsp3) is 0.667. The number of esters is 1. The van der Waals surface area contributed by atoms with Gasteiger partial charge >= 0.3 is 18.1 Å². The minimum Gasteiger partial charge on any atom is -0.478 e. The molecule has 0 heterocycles. The highest BCUT2D eigenvalue weighted by molar-refractivity contribution is 6.08. The normalized spacial score (nSPS) is 25.5. The van der Waals surface area contributed by atoms with E-state index in [1.54, 1.807) is 13.8 Å². The van der Waals surface area contributed by atoms with Crippen LogP contribution in [0.2, 0.25) is 0 Å². The summed E-state index contributed by atoms with van der Waals surface area (Å²) >= 11 is 0. The molecule has 1 aliphatic rings. The van der Waals surface area contributed by atoms with Crippen LogP contribution in [0, 0.1) is 17.2 Å². The summed E-state index contributed by atoms with van der Waals surface area (Å²) in [7, 11) is 0. The van der Waals surface area contributed by atoms with Gasteiger partial charge in [-0.3, -0.25) is 4.79 Å². The first-order valence-corrected chi connectivity index (χ1v) is 7.60. The number of carboxylic acids is 1. The van der Waals surface area contributed by atoms with Crippen LogP contribution < -0.4 is 5.32 Å². The number of carboxylic acid groups (broad SMARTS) is 1. The third-order valence-corrected chi connectivity index (χ3v) is 4.03. The molecule has 0 bridgehead atoms. The maximum absolute atomic E-state index is 13.1. The zero-order chi connectivity index (χ0) is 18.5. The molecule has 136 valence electrons. The molecule has 0 aromatic rings. The van der Waals surface area contributed by atoms with Gasteiger partial charge in [0.2, 0.25) is 0 Å². The van der Waals surface area contributed by atoms with Gasteiger partial charge in [-0.05, 0) is 32.1 Å². The smallest absolute Gasteiger partial charge is 0.431 e. The van der Waals surface area contributed by atoms with E-state index in [0.717, 1.165) is 0 Å². The van der Waals surface area contributed by atoms with E-state index in [4.69, 9.17) is 15.3 Å². The molecule has 6 nitrogen and oxygen atoms in total. The Hall–Kier alpha value is -2.06. The van der Waals surface area contributed by atoms with E-state index < -0.39 is 29.5 Å². The van der Waals surface area contributed by atoms with Gasteiger partial charge < -0.3 is 20.6 Å². The number of aliphatic carboxylic acids is 1. The topological polar surface area (TPSA) is 99.5 Å². The quantitative estimate of drug-likeness (QED) is 0.388. The van der Waals surface area contributed by atoms with Crippen LogP contribution in [0.4, 0.5) is 13.2 Å². The van der Waals surface area contributed by atoms with Crippen LogP contribution in [0.25, 0.3) is 0 Å². The van der Waals surface area contributed by atoms with Crippen LogP contribution in [0.3, 0.4) is 0 Å². The standard InChI is InChI=1S/C15H21F3N2O4/c1-3-24-14(23)10-5-4-9(6-8(10)2)20-12(15(16,17)18)11(7-19)13(21)22/h7-10,19-20H,3-6H2,1-2H3,(H,21,22)/b12-11+,19-7?/t8-,9-,10-/m0/s1. The number of hydrogen-bond donors (Lipinski definition) is 3. The lowest BCUT2D eigenvalue weighted by Crippen LogP contribution is -2.43. The fourth-order valence-electron chi connectivity index (χ4n) is 2.88. The fourth-order valence-corrected chi connectivity index (χ4v) is 2.88. The van der Waals surface area contributed by atoms with Gasteiger partial charge in [0.1, 0.15) is 11.3 Å². The van der Waals surface area contributed by atoms with Crippen molar-refractivity contribution in [2.75, 3.05) is 6.61 Å². The van der Waals surface area contributed by atoms with Crippen LogP contribution in [-0.2, 0) is 14.3 Å². The lowest BCUT2D eigenvalue weighted by Gasteiger charge is -2.34. The van der Waals surface area contributed by atoms with Crippen LogP contribution in [0.5, 0.6) is 0 Å². The molecule has 1 fully saturated rings. The van der Waals surface area contributed by atoms with E-state index in [1.165, 1.54) is 0 Å². The molecule has 0 spiro atoms. The Morgan fingerprint density at radius 3 is 2.42 bits per heavy atom. The molecule has 9 heteroatoms. The van der Waals surface area contributed by atoms with Crippen molar-refractivity contribution in [1.82, 2.24) is 5.32 Å². The summed E-state index contributed by atoms with van der Waals surface area (Å²) in [6.45, 7) is 3.67. The monoisotopic (exact) mass is 350 g/mol. The molecule has 3 N–H and O–H groups in total. The third-order valence-electron chi connectivity index (χ3n) is 4.03. The molecular weight excluding hydrogens is 329 g/mol. The number of alkyl halides is 3. The number of carbonyl (C=O) groups is 2. The van der Waals surface area contributed by atoms with Gasteiger partial charge in [-0.25, -0.2) is 4.79 Å². The Labute approximate surface area is 137 Å². The molecule has 0 aromatic heterocycles. The van der Waals surface area contributed by atoms with E-state index in [0.29, 0.717) is 6.42 Å². The van der Waals surface area contributed by atoms with Crippen molar-refractivity contribution < 1.29 is 32.6 Å². The van der Waals surface area contributed by atoms with E-state index in [2.05, 4.69) is 5.32 Å². The third kappa shape index (κ3) is 4.97. The van der Waals surface area contributed by atoms with Crippen molar-refractivity contribution >= 4 is 18.2 Å². The lowest BCUT2D eigenvalue weighted by atomic mass is 9.78. The molecule has 1 saturated carbocycles. The van der Waals surface area contributed by atoms with Crippen molar-refractivity contribution in [3.05, 3.63) is 11.3 Å². The Morgan fingerprint density at radius 1 is 1.38 bits per heavy atom. The Bertz CT molecular complexity index is 531. The highest BCUT2D eigenvalue weighted by atomic mass is 19.4. The maximum atomic E-state index is 13.1. The first-order valence-electron chi connectivity index (χ1n) is 7.60. The average molecular weight is 350 g/mol. The van der Waals surface area contributed by atoms with Crippen molar-refractivity contribution in [3.8, 4) is 0 Å². The molecule has 0 aromatic carbocycles. The molecule has 1 rings (SSSR count). The zero-order valence-corrected chi connectivity index (χ0v) is 13.4. The average Bonchev–Trinajstić information content (AvgIpc) is 2.46. The second kappa shape index (κ2) is 8.16. The number of hydrogen-bond acceptors (Lipinski definition) is 5. The second-order valence-electron chi connectivity index (χ2n) is 5.73. The number of halogens is 3. The Balaban J connectivity index is 2.90. The van der Waals surface area contributed by atoms with Gasteiger partial charge in [0.25, 0.3) is 0 Å². The predicted octanol–water partition coefficient (Wildman–Crippen LogP) is 2.49. The van der Waals surface area contributed by atoms with Gasteiger partial charge in [-0.2, -0.15) is 13.2 Å². The number of rotatable bonds is 6. The molecular formula is C15H21F3N2O4. The second-order valence-corrected chi connectivity index (χ2v) is 5.73. The molecule has 0 radical (unpaired) electrons. The Kier molecular flexibility index (Phi) is 6.80. The summed E-state index contributed by atoms with van der Waals surface area (Å²) in [6, 6.07) is -0.628. The molecule has 1 aliphatic carbocycles. The molecule has 3 atom stereocenters. The molecule has 24 heavy (non-hydrogen) atoms. The highest BCUT2D eigenvalue weighted by Gasteiger charge is 2.41. The van der Waals surface area contributed by atoms with E-state index in [-0.39, 0.29) is 43.5 Å². The van der Waals surface area contributed by atoms with Gasteiger partial charge in [-0.1, -0.05) is 6.92 Å². The Morgan fingerprint density at radius 2 is 2.00 bits per heavy atom. The first kappa shape index (κ1) is 20.0. The largest absolute Gasteiger partial charge is 0.478 e. The van der Waals surface area contributed by atoms with Crippen LogP contribution >= 0.6 is 0 Å². The van der Waals surface area contributed by atoms with Crippen LogP contribution in [0.15, 0.2) is 11.3 Å². The number of carbonyl (C=O) groups excluding carboxylic acids is 1. The number of nitrogens with one attached hydrogen (secondary N) is 2. The molecule has 0 saturated heterocycles. The summed E-state index contributed by atoms with van der Waals surface area (Å²) < 4.78 is 44.3. The maximum Gasteiger partial charge on any atom is 0.431 e. The van der Waals surface area contributed by atoms with E-state index in [1.807, 2.05) is 0 Å². The van der Waals surface area contributed by atoms with Crippen molar-refractivity contribution in [1.29, 1.82) is 5.41 Å². The summed E-state index contributed by atoms with van der Waals surface area (Å²) in [5.74, 6) is -2.75. The van der Waals surface area contributed by atoms with E-state index >= 15 is 0 Å². The minimum absolute atomic E-state index is 0.172. The van der Waals surface area contributed by atoms with Gasteiger partial charge in [0.05, 0.1) is 12.5 Å². The number of allylic oxidation sites excluding steroid dienone is 1. The molecule has 0 aliphatic heterocycles. The summed E-state index contributed by atoms with van der Waals surface area (Å²) in [6.07, 6.45) is -3.83. The predicted molar refractivity (Wildman–Crippen MR) is 79.6 cm³/mol. The lowest BCUT2D eigenvalue weighted by molar-refractivity contribution is -0.151. The number of ether oxygens (including phenoxy) is 1. The van der Waals surface area contributed by atoms with Crippen molar-refractivity contribution in [3.63, 3.8) is 0 Å². The summed E-state index contributed by atoms with van der Waals surface area (Å²) in [5, 5.41) is 18.0. The first-order chi connectivity index (χ1) is 11.1. The van der Waals surface area contributed by atoms with E-state index in [9.17, 15) is 22.8 Å². The molecule has 0 amide bonds. The molecule has 0 unspecified atom stereocenters. The van der Waals surface area contributed by atoms with Crippen molar-refractivity contribution in [2.24, 2.45) is 11.8 Å². The van der Waals surface area contributed by atoms with Gasteiger partial charge in [0.15, 0.2) is 0 Å².